The van der Waals surface area contributed by atoms with E-state index in [1.165, 1.54) is 0 Å². The Kier molecular flexibility index (Phi) is 5.27. The van der Waals surface area contributed by atoms with E-state index in [4.69, 9.17) is 18.9 Å². The Labute approximate surface area is 187 Å². The minimum Gasteiger partial charge on any atom is -0.493 e. The Morgan fingerprint density at radius 3 is 2.28 bits per heavy atom. The van der Waals surface area contributed by atoms with Crippen LogP contribution in [0.2, 0.25) is 0 Å². The van der Waals surface area contributed by atoms with Gasteiger partial charge in [0, 0.05) is 24.2 Å². The third-order valence-electron chi connectivity index (χ3n) is 7.29. The molecule has 2 atom stereocenters. The number of nitrogens with zero attached hydrogens (tertiary/aromatic N) is 1. The maximum atomic E-state index is 13.1. The summed E-state index contributed by atoms with van der Waals surface area (Å²) in [5.41, 5.74) is -1.55. The molecule has 1 amide bonds. The minimum atomic E-state index is -1.13. The second kappa shape index (κ2) is 7.69. The normalized spacial score (nSPS) is 25.2. The highest BCUT2D eigenvalue weighted by Crippen LogP contribution is 2.65. The van der Waals surface area contributed by atoms with Gasteiger partial charge in [0.15, 0.2) is 17.1 Å². The molecule has 8 heteroatoms. The highest BCUT2D eigenvalue weighted by molar-refractivity contribution is 5.96. The van der Waals surface area contributed by atoms with Crippen molar-refractivity contribution < 1.29 is 28.5 Å². The van der Waals surface area contributed by atoms with Crippen LogP contribution in [0, 0.1) is 10.8 Å². The van der Waals surface area contributed by atoms with Crippen LogP contribution >= 0.6 is 0 Å². The molecule has 2 fully saturated rings. The molecule has 0 unspecified atom stereocenters. The van der Waals surface area contributed by atoms with Crippen molar-refractivity contribution >= 4 is 11.9 Å². The van der Waals surface area contributed by atoms with Gasteiger partial charge in [-0.05, 0) is 37.5 Å². The van der Waals surface area contributed by atoms with Crippen molar-refractivity contribution in [1.82, 2.24) is 10.3 Å². The zero-order chi connectivity index (χ0) is 23.1. The molecule has 2 bridgehead atoms. The second-order valence-electron chi connectivity index (χ2n) is 8.95. The topological polar surface area (TPSA) is 96.0 Å². The molecule has 4 rings (SSSR count). The summed E-state index contributed by atoms with van der Waals surface area (Å²) in [6.07, 6.45) is 2.80. The lowest BCUT2D eigenvalue weighted by molar-refractivity contribution is -0.168. The van der Waals surface area contributed by atoms with Crippen LogP contribution in [0.1, 0.15) is 39.2 Å². The fraction of sp³-hybridized carbons (Fsp3) is 0.458. The van der Waals surface area contributed by atoms with Crippen LogP contribution in [0.25, 0.3) is 0 Å². The fourth-order valence-corrected chi connectivity index (χ4v) is 4.67. The summed E-state index contributed by atoms with van der Waals surface area (Å²) in [6, 6.07) is 8.86. The number of pyridine rings is 1. The van der Waals surface area contributed by atoms with Crippen LogP contribution in [0.3, 0.4) is 0 Å². The van der Waals surface area contributed by atoms with Gasteiger partial charge in [0.2, 0.25) is 11.6 Å². The van der Waals surface area contributed by atoms with Crippen molar-refractivity contribution in [3.63, 3.8) is 0 Å². The van der Waals surface area contributed by atoms with Gasteiger partial charge in [-0.15, -0.1) is 0 Å². The van der Waals surface area contributed by atoms with Gasteiger partial charge in [0.05, 0.1) is 19.6 Å². The molecule has 2 aliphatic rings. The van der Waals surface area contributed by atoms with Crippen molar-refractivity contribution in [3.8, 4) is 23.1 Å². The number of hydrogen-bond donors (Lipinski definition) is 1. The van der Waals surface area contributed by atoms with Gasteiger partial charge in [-0.25, -0.2) is 4.98 Å². The van der Waals surface area contributed by atoms with Crippen molar-refractivity contribution in [3.05, 3.63) is 42.1 Å². The van der Waals surface area contributed by atoms with Gasteiger partial charge in [-0.1, -0.05) is 26.0 Å². The van der Waals surface area contributed by atoms with Gasteiger partial charge >= 0.3 is 5.97 Å². The van der Waals surface area contributed by atoms with E-state index in [1.54, 1.807) is 44.7 Å². The highest BCUT2D eigenvalue weighted by Gasteiger charge is 2.75. The number of rotatable bonds is 7. The molecule has 1 saturated heterocycles. The number of carbonyl (C=O) groups is 2. The number of ether oxygens (including phenoxy) is 4. The lowest BCUT2D eigenvalue weighted by Crippen LogP contribution is -2.53. The summed E-state index contributed by atoms with van der Waals surface area (Å²) in [5.74, 6) is 1.28. The number of para-hydroxylation sites is 1. The standard InChI is InChI=1S/C24H28N2O6/c1-22(2)23(3)11-12-24(22,32-21(23)28)20(27)26-14-15-9-10-18(25-13-15)31-19-16(29-4)7-6-8-17(19)30-5/h6-10,13H,11-12,14H2,1-5H3,(H,26,27)/t23-,24+/m0/s1. The molecule has 0 radical (unpaired) electrons. The number of benzene rings is 1. The maximum Gasteiger partial charge on any atom is 0.313 e. The van der Waals surface area contributed by atoms with Gasteiger partial charge in [-0.2, -0.15) is 0 Å². The Morgan fingerprint density at radius 1 is 1.09 bits per heavy atom. The molecule has 32 heavy (non-hydrogen) atoms. The summed E-state index contributed by atoms with van der Waals surface area (Å²) >= 11 is 0. The first-order chi connectivity index (χ1) is 15.2. The minimum absolute atomic E-state index is 0.260. The molecule has 2 aromatic rings. The van der Waals surface area contributed by atoms with E-state index in [1.807, 2.05) is 26.8 Å². The van der Waals surface area contributed by atoms with Crippen LogP contribution in [-0.4, -0.2) is 36.7 Å². The summed E-state index contributed by atoms with van der Waals surface area (Å²) in [6.45, 7) is 6.02. The number of carbonyl (C=O) groups excluding carboxylic acids is 2. The van der Waals surface area contributed by atoms with Gasteiger partial charge in [0.25, 0.3) is 5.91 Å². The van der Waals surface area contributed by atoms with Crippen LogP contribution in [0.15, 0.2) is 36.5 Å². The third kappa shape index (κ3) is 3.08. The first kappa shape index (κ1) is 21.9. The molecule has 170 valence electrons. The molecule has 1 aliphatic carbocycles. The number of fused-ring (bicyclic) bond motifs is 2. The van der Waals surface area contributed by atoms with E-state index in [0.717, 1.165) is 5.56 Å². The number of aromatic nitrogens is 1. The van der Waals surface area contributed by atoms with Crippen LogP contribution in [0.5, 0.6) is 23.1 Å². The van der Waals surface area contributed by atoms with Crippen molar-refractivity contribution in [2.45, 2.75) is 45.8 Å². The van der Waals surface area contributed by atoms with Gasteiger partial charge < -0.3 is 24.3 Å². The van der Waals surface area contributed by atoms with Crippen molar-refractivity contribution in [2.24, 2.45) is 10.8 Å². The number of hydrogen-bond acceptors (Lipinski definition) is 7. The zero-order valence-electron chi connectivity index (χ0n) is 19.0. The van der Waals surface area contributed by atoms with Crippen molar-refractivity contribution in [2.75, 3.05) is 14.2 Å². The monoisotopic (exact) mass is 440 g/mol. The lowest BCUT2D eigenvalue weighted by atomic mass is 9.66. The maximum absolute atomic E-state index is 13.1. The first-order valence-corrected chi connectivity index (χ1v) is 10.5. The first-order valence-electron chi connectivity index (χ1n) is 10.5. The van der Waals surface area contributed by atoms with Crippen molar-refractivity contribution in [1.29, 1.82) is 0 Å². The van der Waals surface area contributed by atoms with E-state index in [2.05, 4.69) is 10.3 Å². The molecular formula is C24H28N2O6. The average Bonchev–Trinajstić information content (AvgIpc) is 3.09. The van der Waals surface area contributed by atoms with E-state index in [9.17, 15) is 9.59 Å². The number of esters is 1. The predicted molar refractivity (Wildman–Crippen MR) is 116 cm³/mol. The molecule has 2 heterocycles. The summed E-state index contributed by atoms with van der Waals surface area (Å²) in [7, 11) is 3.10. The lowest BCUT2D eigenvalue weighted by Gasteiger charge is -2.35. The smallest absolute Gasteiger partial charge is 0.313 e. The molecular weight excluding hydrogens is 412 g/mol. The average molecular weight is 440 g/mol. The quantitative estimate of drug-likeness (QED) is 0.657. The van der Waals surface area contributed by atoms with Gasteiger partial charge in [-0.3, -0.25) is 9.59 Å². The molecule has 1 aromatic heterocycles. The Bertz CT molecular complexity index is 1030. The molecule has 1 aromatic carbocycles. The SMILES string of the molecule is COc1cccc(OC)c1Oc1ccc(CNC(=O)[C@@]23CC[C@@](C)(C(=O)O2)C3(C)C)cn1. The molecule has 0 spiro atoms. The molecule has 8 nitrogen and oxygen atoms in total. The Balaban J connectivity index is 1.44. The van der Waals surface area contributed by atoms with E-state index in [0.29, 0.717) is 36.0 Å². The number of nitrogens with one attached hydrogen (secondary N) is 1. The zero-order valence-corrected chi connectivity index (χ0v) is 19.0. The summed E-state index contributed by atoms with van der Waals surface area (Å²) in [4.78, 5) is 29.8. The summed E-state index contributed by atoms with van der Waals surface area (Å²) in [5, 5.41) is 2.92. The van der Waals surface area contributed by atoms with Crippen LogP contribution in [0.4, 0.5) is 0 Å². The van der Waals surface area contributed by atoms with E-state index < -0.39 is 16.4 Å². The second-order valence-corrected chi connectivity index (χ2v) is 8.95. The highest BCUT2D eigenvalue weighted by atomic mass is 16.6. The predicted octanol–water partition coefficient (Wildman–Crippen LogP) is 3.63. The molecule has 1 aliphatic heterocycles. The largest absolute Gasteiger partial charge is 0.493 e. The van der Waals surface area contributed by atoms with Crippen LogP contribution in [-0.2, 0) is 20.9 Å². The Morgan fingerprint density at radius 2 is 1.78 bits per heavy atom. The third-order valence-corrected chi connectivity index (χ3v) is 7.29. The van der Waals surface area contributed by atoms with E-state index >= 15 is 0 Å². The van der Waals surface area contributed by atoms with Crippen LogP contribution < -0.4 is 19.5 Å². The molecule has 1 N–H and O–H groups in total. The number of amides is 1. The number of methoxy groups -OCH3 is 2. The molecule has 1 saturated carbocycles. The van der Waals surface area contributed by atoms with Gasteiger partial charge in [0.1, 0.15) is 0 Å². The fourth-order valence-electron chi connectivity index (χ4n) is 4.67. The summed E-state index contributed by atoms with van der Waals surface area (Å²) < 4.78 is 22.2. The Hall–Kier alpha value is -3.29. The van der Waals surface area contributed by atoms with E-state index in [-0.39, 0.29) is 18.4 Å².